The monoisotopic (exact) mass is 381 g/mol. The van der Waals surface area contributed by atoms with E-state index in [-0.39, 0.29) is 0 Å². The van der Waals surface area contributed by atoms with Crippen molar-refractivity contribution in [2.75, 3.05) is 31.1 Å². The summed E-state index contributed by atoms with van der Waals surface area (Å²) in [6.45, 7) is 8.71. The van der Waals surface area contributed by atoms with Crippen molar-refractivity contribution >= 4 is 17.9 Å². The molecular weight excluding hydrogens is 358 g/mol. The Morgan fingerprint density at radius 3 is 2.44 bits per heavy atom. The van der Waals surface area contributed by atoms with Crippen LogP contribution < -0.4 is 4.90 Å². The first-order valence-electron chi connectivity index (χ1n) is 9.10. The SMILES string of the molecule is Cc1cccc(-n2nnn(CN3CCN(c4ccncc4)CC3)c2=S)c1C. The summed E-state index contributed by atoms with van der Waals surface area (Å²) in [6.07, 6.45) is 3.68. The van der Waals surface area contributed by atoms with Crippen LogP contribution in [0.25, 0.3) is 5.69 Å². The lowest BCUT2D eigenvalue weighted by atomic mass is 10.1. The third-order valence-corrected chi connectivity index (χ3v) is 5.56. The number of benzene rings is 1. The highest BCUT2D eigenvalue weighted by atomic mass is 32.1. The second kappa shape index (κ2) is 7.58. The van der Waals surface area contributed by atoms with Gasteiger partial charge in [-0.15, -0.1) is 0 Å². The molecule has 1 aromatic carbocycles. The smallest absolute Gasteiger partial charge is 0.221 e. The summed E-state index contributed by atoms with van der Waals surface area (Å²) in [4.78, 5) is 8.83. The molecule has 1 fully saturated rings. The summed E-state index contributed by atoms with van der Waals surface area (Å²) in [5, 5.41) is 8.59. The predicted octanol–water partition coefficient (Wildman–Crippen LogP) is 2.59. The highest BCUT2D eigenvalue weighted by molar-refractivity contribution is 7.71. The van der Waals surface area contributed by atoms with Crippen molar-refractivity contribution in [3.8, 4) is 5.69 Å². The number of rotatable bonds is 4. The molecule has 3 aromatic rings. The molecule has 0 unspecified atom stereocenters. The van der Waals surface area contributed by atoms with E-state index in [4.69, 9.17) is 12.2 Å². The molecular formula is C19H23N7S. The molecule has 1 aliphatic rings. The standard InChI is InChI=1S/C19H23N7S/c1-15-4-3-5-18(16(15)2)26-19(27)25(21-22-26)14-23-10-12-24(13-11-23)17-6-8-20-9-7-17/h3-9H,10-14H2,1-2H3. The van der Waals surface area contributed by atoms with E-state index in [2.05, 4.69) is 57.3 Å². The fraction of sp³-hybridized carbons (Fsp3) is 0.368. The van der Waals surface area contributed by atoms with Gasteiger partial charge in [-0.05, 0) is 65.8 Å². The maximum atomic E-state index is 5.64. The predicted molar refractivity (Wildman–Crippen MR) is 108 cm³/mol. The molecule has 0 bridgehead atoms. The van der Waals surface area contributed by atoms with Gasteiger partial charge in [-0.3, -0.25) is 9.88 Å². The molecule has 0 N–H and O–H groups in total. The number of aryl methyl sites for hydroxylation is 1. The molecule has 2 aromatic heterocycles. The third-order valence-electron chi connectivity index (χ3n) is 5.18. The van der Waals surface area contributed by atoms with Gasteiger partial charge in [0.15, 0.2) is 0 Å². The lowest BCUT2D eigenvalue weighted by Crippen LogP contribution is -2.47. The van der Waals surface area contributed by atoms with E-state index in [1.807, 2.05) is 24.5 Å². The Morgan fingerprint density at radius 2 is 1.70 bits per heavy atom. The number of hydrogen-bond acceptors (Lipinski definition) is 6. The summed E-state index contributed by atoms with van der Waals surface area (Å²) < 4.78 is 4.18. The number of hydrogen-bond donors (Lipinski definition) is 0. The normalized spacial score (nSPS) is 15.3. The van der Waals surface area contributed by atoms with E-state index < -0.39 is 0 Å². The van der Waals surface area contributed by atoms with Crippen molar-refractivity contribution in [1.82, 2.24) is 29.7 Å². The summed E-state index contributed by atoms with van der Waals surface area (Å²) >= 11 is 5.64. The van der Waals surface area contributed by atoms with Gasteiger partial charge in [-0.1, -0.05) is 12.1 Å². The Kier molecular flexibility index (Phi) is 5.00. The zero-order valence-corrected chi connectivity index (χ0v) is 16.4. The van der Waals surface area contributed by atoms with Crippen molar-refractivity contribution in [2.45, 2.75) is 20.5 Å². The topological polar surface area (TPSA) is 55.0 Å². The number of nitrogens with zero attached hydrogens (tertiary/aromatic N) is 7. The number of tetrazole rings is 1. The highest BCUT2D eigenvalue weighted by Gasteiger charge is 2.19. The fourth-order valence-corrected chi connectivity index (χ4v) is 3.60. The quantitative estimate of drug-likeness (QED) is 0.648. The van der Waals surface area contributed by atoms with E-state index in [1.165, 1.54) is 16.8 Å². The Hall–Kier alpha value is -2.58. The van der Waals surface area contributed by atoms with Gasteiger partial charge < -0.3 is 4.90 Å². The van der Waals surface area contributed by atoms with Crippen molar-refractivity contribution in [3.05, 3.63) is 58.6 Å². The molecule has 1 aliphatic heterocycles. The Bertz CT molecular complexity index is 971. The zero-order valence-electron chi connectivity index (χ0n) is 15.6. The van der Waals surface area contributed by atoms with Gasteiger partial charge in [0.25, 0.3) is 0 Å². The van der Waals surface area contributed by atoms with Crippen molar-refractivity contribution in [1.29, 1.82) is 0 Å². The van der Waals surface area contributed by atoms with Crippen LogP contribution in [-0.4, -0.2) is 55.9 Å². The average Bonchev–Trinajstić information content (AvgIpc) is 3.05. The van der Waals surface area contributed by atoms with Gasteiger partial charge in [-0.2, -0.15) is 4.68 Å². The van der Waals surface area contributed by atoms with E-state index in [0.29, 0.717) is 11.4 Å². The van der Waals surface area contributed by atoms with Crippen molar-refractivity contribution in [3.63, 3.8) is 0 Å². The van der Waals surface area contributed by atoms with Crippen LogP contribution in [0.4, 0.5) is 5.69 Å². The highest BCUT2D eigenvalue weighted by Crippen LogP contribution is 2.18. The van der Waals surface area contributed by atoms with Gasteiger partial charge in [0.2, 0.25) is 4.77 Å². The fourth-order valence-electron chi connectivity index (χ4n) is 3.37. The molecule has 140 valence electrons. The summed E-state index contributed by atoms with van der Waals surface area (Å²) in [7, 11) is 0. The van der Waals surface area contributed by atoms with E-state index >= 15 is 0 Å². The van der Waals surface area contributed by atoms with E-state index in [9.17, 15) is 0 Å². The molecule has 0 aliphatic carbocycles. The summed E-state index contributed by atoms with van der Waals surface area (Å²) in [5.74, 6) is 0. The second-order valence-corrected chi connectivity index (χ2v) is 7.21. The first-order valence-corrected chi connectivity index (χ1v) is 9.51. The van der Waals surface area contributed by atoms with Gasteiger partial charge in [0, 0.05) is 44.3 Å². The van der Waals surface area contributed by atoms with Crippen LogP contribution in [-0.2, 0) is 6.67 Å². The maximum Gasteiger partial charge on any atom is 0.221 e. The first-order chi connectivity index (χ1) is 13.1. The molecule has 3 heterocycles. The van der Waals surface area contributed by atoms with Gasteiger partial charge in [0.05, 0.1) is 12.4 Å². The number of piperazine rings is 1. The molecule has 27 heavy (non-hydrogen) atoms. The number of anilines is 1. The second-order valence-electron chi connectivity index (χ2n) is 6.84. The number of pyridine rings is 1. The molecule has 8 heteroatoms. The van der Waals surface area contributed by atoms with Crippen LogP contribution in [0.2, 0.25) is 0 Å². The Labute approximate surface area is 163 Å². The average molecular weight is 382 g/mol. The molecule has 0 amide bonds. The lowest BCUT2D eigenvalue weighted by molar-refractivity contribution is 0.193. The zero-order chi connectivity index (χ0) is 18.8. The Morgan fingerprint density at radius 1 is 0.963 bits per heavy atom. The molecule has 1 saturated heterocycles. The largest absolute Gasteiger partial charge is 0.369 e. The van der Waals surface area contributed by atoms with Crippen molar-refractivity contribution in [2.24, 2.45) is 0 Å². The molecule has 7 nitrogen and oxygen atoms in total. The van der Waals surface area contributed by atoms with Gasteiger partial charge in [0.1, 0.15) is 0 Å². The molecule has 0 spiro atoms. The molecule has 0 saturated carbocycles. The van der Waals surface area contributed by atoms with Gasteiger partial charge >= 0.3 is 0 Å². The Balaban J connectivity index is 1.45. The third kappa shape index (κ3) is 3.63. The molecule has 4 rings (SSSR count). The van der Waals surface area contributed by atoms with Gasteiger partial charge in [-0.25, -0.2) is 4.68 Å². The van der Waals surface area contributed by atoms with E-state index in [0.717, 1.165) is 31.9 Å². The first kappa shape index (κ1) is 17.8. The molecule has 0 radical (unpaired) electrons. The number of aromatic nitrogens is 5. The van der Waals surface area contributed by atoms with Crippen LogP contribution in [0.15, 0.2) is 42.7 Å². The van der Waals surface area contributed by atoms with Crippen LogP contribution in [0.5, 0.6) is 0 Å². The lowest BCUT2D eigenvalue weighted by Gasteiger charge is -2.35. The minimum absolute atomic E-state index is 0.625. The maximum absolute atomic E-state index is 5.64. The van der Waals surface area contributed by atoms with E-state index in [1.54, 1.807) is 9.36 Å². The van der Waals surface area contributed by atoms with Crippen LogP contribution in [0.1, 0.15) is 11.1 Å². The van der Waals surface area contributed by atoms with Crippen LogP contribution in [0, 0.1) is 18.6 Å². The summed E-state index contributed by atoms with van der Waals surface area (Å²) in [6, 6.07) is 10.3. The molecule has 0 atom stereocenters. The minimum Gasteiger partial charge on any atom is -0.369 e. The van der Waals surface area contributed by atoms with Crippen LogP contribution >= 0.6 is 12.2 Å². The summed E-state index contributed by atoms with van der Waals surface area (Å²) in [5.41, 5.74) is 4.61. The minimum atomic E-state index is 0.625. The van der Waals surface area contributed by atoms with Crippen molar-refractivity contribution < 1.29 is 0 Å². The van der Waals surface area contributed by atoms with Crippen LogP contribution in [0.3, 0.4) is 0 Å².